The fourth-order valence-corrected chi connectivity index (χ4v) is 3.59. The fourth-order valence-electron chi connectivity index (χ4n) is 3.59. The van der Waals surface area contributed by atoms with Gasteiger partial charge in [-0.05, 0) is 59.9 Å². The molecule has 5 heteroatoms. The lowest BCUT2D eigenvalue weighted by Crippen LogP contribution is -2.52. The van der Waals surface area contributed by atoms with Gasteiger partial charge >= 0.3 is 5.97 Å². The lowest BCUT2D eigenvalue weighted by atomic mass is 9.78. The Morgan fingerprint density at radius 2 is 1.79 bits per heavy atom. The monoisotopic (exact) mass is 377 g/mol. The molecule has 0 saturated heterocycles. The number of benzene rings is 3. The Bertz CT molecular complexity index is 1030. The zero-order valence-corrected chi connectivity index (χ0v) is 15.2. The van der Waals surface area contributed by atoms with Crippen molar-refractivity contribution < 1.29 is 19.0 Å². The molecular weight excluding hydrogens is 357 g/mol. The van der Waals surface area contributed by atoms with E-state index in [1.54, 1.807) is 12.1 Å². The Balaban J connectivity index is 1.65. The lowest BCUT2D eigenvalue weighted by molar-refractivity contribution is -0.143. The maximum Gasteiger partial charge on any atom is 0.324 e. The summed E-state index contributed by atoms with van der Waals surface area (Å²) < 4.78 is 19.4. The molecule has 1 aliphatic rings. The molecule has 1 aliphatic carbocycles. The number of hydrogen-bond acceptors (Lipinski definition) is 3. The molecule has 3 aromatic carbocycles. The molecule has 0 heterocycles. The second-order valence-electron chi connectivity index (χ2n) is 7.17. The Morgan fingerprint density at radius 1 is 1.04 bits per heavy atom. The summed E-state index contributed by atoms with van der Waals surface area (Å²) in [6, 6.07) is 19.5. The van der Waals surface area contributed by atoms with E-state index in [0.717, 1.165) is 22.3 Å². The molecule has 0 spiro atoms. The largest absolute Gasteiger partial charge is 0.480 e. The second kappa shape index (κ2) is 7.09. The van der Waals surface area contributed by atoms with Crippen LogP contribution < -0.4 is 10.5 Å². The Labute approximate surface area is 162 Å². The van der Waals surface area contributed by atoms with Gasteiger partial charge < -0.3 is 15.6 Å². The number of fused-ring (bicyclic) bond motifs is 1. The van der Waals surface area contributed by atoms with Crippen LogP contribution in [0.1, 0.15) is 17.5 Å². The zero-order chi connectivity index (χ0) is 19.7. The van der Waals surface area contributed by atoms with Gasteiger partial charge in [0.1, 0.15) is 22.9 Å². The molecule has 0 fully saturated rings. The van der Waals surface area contributed by atoms with E-state index in [1.165, 1.54) is 12.1 Å². The third kappa shape index (κ3) is 3.49. The number of carboxylic acids is 1. The van der Waals surface area contributed by atoms with Gasteiger partial charge in [0.25, 0.3) is 0 Å². The van der Waals surface area contributed by atoms with Crippen molar-refractivity contribution in [2.45, 2.75) is 24.8 Å². The number of carbonyl (C=O) groups is 1. The maximum atomic E-state index is 13.2. The topological polar surface area (TPSA) is 72.6 Å². The Hall–Kier alpha value is -3.18. The number of para-hydroxylation sites is 1. The van der Waals surface area contributed by atoms with Gasteiger partial charge in [-0.25, -0.2) is 4.39 Å². The van der Waals surface area contributed by atoms with Crippen molar-refractivity contribution >= 4 is 5.97 Å². The summed E-state index contributed by atoms with van der Waals surface area (Å²) in [5, 5.41) is 9.43. The van der Waals surface area contributed by atoms with Crippen LogP contribution in [-0.2, 0) is 17.6 Å². The van der Waals surface area contributed by atoms with E-state index in [0.29, 0.717) is 24.3 Å². The number of aryl methyl sites for hydroxylation is 1. The first-order chi connectivity index (χ1) is 13.4. The van der Waals surface area contributed by atoms with E-state index >= 15 is 0 Å². The predicted octanol–water partition coefficient (Wildman–Crippen LogP) is 4.56. The van der Waals surface area contributed by atoms with Crippen LogP contribution in [0, 0.1) is 5.82 Å². The van der Waals surface area contributed by atoms with Crippen LogP contribution in [0.25, 0.3) is 11.1 Å². The van der Waals surface area contributed by atoms with Crippen LogP contribution in [0.4, 0.5) is 4.39 Å². The third-order valence-electron chi connectivity index (χ3n) is 5.22. The van der Waals surface area contributed by atoms with Gasteiger partial charge in [-0.2, -0.15) is 0 Å². The summed E-state index contributed by atoms with van der Waals surface area (Å²) in [5.74, 6) is -0.0169. The van der Waals surface area contributed by atoms with Gasteiger partial charge in [-0.1, -0.05) is 36.4 Å². The quantitative estimate of drug-likeness (QED) is 0.699. The van der Waals surface area contributed by atoms with Crippen LogP contribution >= 0.6 is 0 Å². The maximum absolute atomic E-state index is 13.2. The number of aliphatic carboxylic acids is 1. The second-order valence-corrected chi connectivity index (χ2v) is 7.17. The number of carboxylic acid groups (broad SMARTS) is 1. The van der Waals surface area contributed by atoms with Gasteiger partial charge in [0.2, 0.25) is 0 Å². The van der Waals surface area contributed by atoms with Crippen LogP contribution in [-0.4, -0.2) is 16.6 Å². The van der Waals surface area contributed by atoms with Gasteiger partial charge in [0.05, 0.1) is 0 Å². The van der Waals surface area contributed by atoms with Crippen molar-refractivity contribution in [1.29, 1.82) is 0 Å². The van der Waals surface area contributed by atoms with E-state index < -0.39 is 11.5 Å². The van der Waals surface area contributed by atoms with Gasteiger partial charge in [0, 0.05) is 12.0 Å². The fraction of sp³-hybridized carbons (Fsp3) is 0.174. The van der Waals surface area contributed by atoms with Crippen LogP contribution in [0.2, 0.25) is 0 Å². The average molecular weight is 377 g/mol. The molecule has 28 heavy (non-hydrogen) atoms. The number of nitrogens with two attached hydrogens (primary N) is 1. The van der Waals surface area contributed by atoms with Crippen molar-refractivity contribution in [3.63, 3.8) is 0 Å². The minimum atomic E-state index is -1.24. The van der Waals surface area contributed by atoms with E-state index in [4.69, 9.17) is 10.5 Å². The summed E-state index contributed by atoms with van der Waals surface area (Å²) in [4.78, 5) is 11.5. The first kappa shape index (κ1) is 18.2. The van der Waals surface area contributed by atoms with Gasteiger partial charge in [0.15, 0.2) is 0 Å². The molecule has 1 unspecified atom stereocenters. The molecule has 3 aromatic rings. The Kier molecular flexibility index (Phi) is 4.61. The molecule has 0 radical (unpaired) electrons. The van der Waals surface area contributed by atoms with Crippen molar-refractivity contribution in [2.75, 3.05) is 0 Å². The minimum absolute atomic E-state index is 0.272. The number of rotatable bonds is 4. The van der Waals surface area contributed by atoms with Gasteiger partial charge in [-0.15, -0.1) is 0 Å². The molecule has 0 aromatic heterocycles. The molecule has 4 rings (SSSR count). The molecule has 4 nitrogen and oxygen atoms in total. The SMILES string of the molecule is NC1(C(=O)O)CCc2ccc(Oc3ccccc3-c3ccc(F)cc3)cc2C1. The standard InChI is InChI=1S/C23H20FNO3/c24-18-8-5-16(6-9-18)20-3-1-2-4-21(20)28-19-10-7-15-11-12-23(25,22(26)27)14-17(15)13-19/h1-10,13H,11-12,14,25H2,(H,26,27). The van der Waals surface area contributed by atoms with E-state index in [2.05, 4.69) is 0 Å². The first-order valence-corrected chi connectivity index (χ1v) is 9.11. The number of halogens is 1. The summed E-state index contributed by atoms with van der Waals surface area (Å²) in [6.07, 6.45) is 1.32. The van der Waals surface area contributed by atoms with E-state index in [1.807, 2.05) is 42.5 Å². The normalized spacial score (nSPS) is 18.4. The lowest BCUT2D eigenvalue weighted by Gasteiger charge is -2.31. The van der Waals surface area contributed by atoms with Crippen molar-refractivity contribution in [2.24, 2.45) is 5.73 Å². The van der Waals surface area contributed by atoms with Crippen LogP contribution in [0.15, 0.2) is 66.7 Å². The Morgan fingerprint density at radius 3 is 2.54 bits per heavy atom. The minimum Gasteiger partial charge on any atom is -0.480 e. The number of ether oxygens (including phenoxy) is 1. The molecule has 142 valence electrons. The van der Waals surface area contributed by atoms with E-state index in [9.17, 15) is 14.3 Å². The average Bonchev–Trinajstić information content (AvgIpc) is 2.69. The highest BCUT2D eigenvalue weighted by atomic mass is 19.1. The van der Waals surface area contributed by atoms with Crippen molar-refractivity contribution in [3.8, 4) is 22.6 Å². The molecule has 0 saturated carbocycles. The molecule has 0 aliphatic heterocycles. The summed E-state index contributed by atoms with van der Waals surface area (Å²) in [7, 11) is 0. The van der Waals surface area contributed by atoms with E-state index in [-0.39, 0.29) is 12.2 Å². The highest BCUT2D eigenvalue weighted by Gasteiger charge is 2.37. The summed E-state index contributed by atoms with van der Waals surface area (Å²) in [6.45, 7) is 0. The number of hydrogen-bond donors (Lipinski definition) is 2. The molecule has 1 atom stereocenters. The molecule has 0 bridgehead atoms. The molecular formula is C23H20FNO3. The van der Waals surface area contributed by atoms with Crippen LogP contribution in [0.5, 0.6) is 11.5 Å². The summed E-state index contributed by atoms with van der Waals surface area (Å²) in [5.41, 5.74) is 8.51. The third-order valence-corrected chi connectivity index (χ3v) is 5.22. The van der Waals surface area contributed by atoms with Crippen molar-refractivity contribution in [3.05, 3.63) is 83.7 Å². The van der Waals surface area contributed by atoms with Crippen molar-refractivity contribution in [1.82, 2.24) is 0 Å². The van der Waals surface area contributed by atoms with Crippen LogP contribution in [0.3, 0.4) is 0 Å². The first-order valence-electron chi connectivity index (χ1n) is 9.11. The highest BCUT2D eigenvalue weighted by Crippen LogP contribution is 2.36. The zero-order valence-electron chi connectivity index (χ0n) is 15.2. The molecule has 3 N–H and O–H groups in total. The molecule has 0 amide bonds. The smallest absolute Gasteiger partial charge is 0.324 e. The van der Waals surface area contributed by atoms with Gasteiger partial charge in [-0.3, -0.25) is 4.79 Å². The predicted molar refractivity (Wildman–Crippen MR) is 105 cm³/mol. The summed E-state index contributed by atoms with van der Waals surface area (Å²) >= 11 is 0. The highest BCUT2D eigenvalue weighted by molar-refractivity contribution is 5.79.